The van der Waals surface area contributed by atoms with Crippen molar-refractivity contribution >= 4 is 17.8 Å². The number of cyclic esters (lactones) is 1. The molecular weight excluding hydrogens is 244 g/mol. The fourth-order valence-electron chi connectivity index (χ4n) is 1.95. The number of hydrogen-bond donors (Lipinski definition) is 2. The largest absolute Gasteiger partial charge is 0.508 e. The molecule has 0 bridgehead atoms. The molecule has 2 aromatic rings. The van der Waals surface area contributed by atoms with Crippen LogP contribution in [-0.2, 0) is 4.74 Å². The van der Waals surface area contributed by atoms with E-state index in [1.54, 1.807) is 30.3 Å². The van der Waals surface area contributed by atoms with Crippen molar-refractivity contribution in [1.82, 2.24) is 0 Å². The number of phenolic OH excluding ortho intramolecular Hbond substituents is 2. The van der Waals surface area contributed by atoms with Gasteiger partial charge in [0.25, 0.3) is 0 Å². The molecule has 0 unspecified atom stereocenters. The van der Waals surface area contributed by atoms with Gasteiger partial charge >= 0.3 is 5.97 Å². The van der Waals surface area contributed by atoms with Crippen LogP contribution in [0.25, 0.3) is 11.8 Å². The third-order valence-electron chi connectivity index (χ3n) is 2.88. The van der Waals surface area contributed by atoms with Crippen LogP contribution < -0.4 is 0 Å². The highest BCUT2D eigenvalue weighted by atomic mass is 16.5. The maximum Gasteiger partial charge on any atom is 0.344 e. The van der Waals surface area contributed by atoms with Crippen LogP contribution in [0.1, 0.15) is 21.5 Å². The van der Waals surface area contributed by atoms with Gasteiger partial charge in [-0.15, -0.1) is 0 Å². The molecular formula is C15H10O4. The molecule has 0 spiro atoms. The van der Waals surface area contributed by atoms with Crippen LogP contribution in [0.2, 0.25) is 0 Å². The molecule has 0 aliphatic carbocycles. The number of hydrogen-bond acceptors (Lipinski definition) is 4. The average Bonchev–Trinajstić information content (AvgIpc) is 2.69. The van der Waals surface area contributed by atoms with Crippen LogP contribution in [0.15, 0.2) is 42.5 Å². The molecule has 1 aliphatic rings. The molecule has 2 aromatic carbocycles. The summed E-state index contributed by atoms with van der Waals surface area (Å²) in [6.45, 7) is 0. The summed E-state index contributed by atoms with van der Waals surface area (Å²) in [4.78, 5) is 11.6. The summed E-state index contributed by atoms with van der Waals surface area (Å²) in [7, 11) is 0. The van der Waals surface area contributed by atoms with E-state index in [0.717, 1.165) is 5.56 Å². The van der Waals surface area contributed by atoms with Crippen molar-refractivity contribution in [2.75, 3.05) is 0 Å². The first-order valence-electron chi connectivity index (χ1n) is 5.70. The zero-order chi connectivity index (χ0) is 13.4. The minimum atomic E-state index is -0.431. The summed E-state index contributed by atoms with van der Waals surface area (Å²) < 4.78 is 5.17. The van der Waals surface area contributed by atoms with Gasteiger partial charge in [0, 0.05) is 5.56 Å². The maximum atomic E-state index is 11.6. The van der Waals surface area contributed by atoms with Gasteiger partial charge in [0.2, 0.25) is 0 Å². The van der Waals surface area contributed by atoms with Gasteiger partial charge in [0.15, 0.2) is 0 Å². The Morgan fingerprint density at radius 2 is 1.58 bits per heavy atom. The molecule has 3 rings (SSSR count). The Bertz CT molecular complexity index is 684. The highest BCUT2D eigenvalue weighted by Crippen LogP contribution is 2.33. The molecule has 1 aliphatic heterocycles. The molecule has 19 heavy (non-hydrogen) atoms. The SMILES string of the molecule is O=C1O/C(=C/c2ccc(O)cc2)c2cc(O)ccc21. The van der Waals surface area contributed by atoms with Gasteiger partial charge in [0.05, 0.1) is 5.56 Å². The highest BCUT2D eigenvalue weighted by molar-refractivity contribution is 6.05. The van der Waals surface area contributed by atoms with E-state index in [-0.39, 0.29) is 11.5 Å². The monoisotopic (exact) mass is 254 g/mol. The summed E-state index contributed by atoms with van der Waals surface area (Å²) in [6, 6.07) is 11.0. The standard InChI is InChI=1S/C15H10O4/c16-10-3-1-9(2-4-10)7-14-13-8-11(17)5-6-12(13)15(18)19-14/h1-8,16-17H/b14-7+. The van der Waals surface area contributed by atoms with E-state index >= 15 is 0 Å². The van der Waals surface area contributed by atoms with Crippen molar-refractivity contribution in [3.63, 3.8) is 0 Å². The van der Waals surface area contributed by atoms with Crippen molar-refractivity contribution in [2.24, 2.45) is 0 Å². The van der Waals surface area contributed by atoms with E-state index in [9.17, 15) is 15.0 Å². The van der Waals surface area contributed by atoms with Gasteiger partial charge in [-0.05, 0) is 42.0 Å². The number of fused-ring (bicyclic) bond motifs is 1. The molecule has 0 radical (unpaired) electrons. The zero-order valence-electron chi connectivity index (χ0n) is 9.83. The Hall–Kier alpha value is -2.75. The lowest BCUT2D eigenvalue weighted by molar-refractivity contribution is 0.0717. The van der Waals surface area contributed by atoms with E-state index < -0.39 is 5.97 Å². The number of benzene rings is 2. The Morgan fingerprint density at radius 1 is 0.895 bits per heavy atom. The number of ether oxygens (including phenoxy) is 1. The van der Waals surface area contributed by atoms with Gasteiger partial charge in [-0.3, -0.25) is 0 Å². The summed E-state index contributed by atoms with van der Waals surface area (Å²) in [5.74, 6) is 0.207. The Labute approximate surface area is 109 Å². The molecule has 2 N–H and O–H groups in total. The van der Waals surface area contributed by atoms with Crippen LogP contribution in [-0.4, -0.2) is 16.2 Å². The Kier molecular flexibility index (Phi) is 2.49. The minimum absolute atomic E-state index is 0.0775. The third kappa shape index (κ3) is 2.04. The first kappa shape index (κ1) is 11.3. The second-order valence-electron chi connectivity index (χ2n) is 4.22. The van der Waals surface area contributed by atoms with Crippen LogP contribution in [0.3, 0.4) is 0 Å². The van der Waals surface area contributed by atoms with Gasteiger partial charge in [0.1, 0.15) is 17.3 Å². The molecule has 0 amide bonds. The quantitative estimate of drug-likeness (QED) is 0.768. The summed E-state index contributed by atoms with van der Waals surface area (Å²) >= 11 is 0. The second-order valence-corrected chi connectivity index (χ2v) is 4.22. The Balaban J connectivity index is 2.06. The molecule has 94 valence electrons. The van der Waals surface area contributed by atoms with E-state index in [4.69, 9.17) is 4.74 Å². The smallest absolute Gasteiger partial charge is 0.344 e. The van der Waals surface area contributed by atoms with Crippen molar-refractivity contribution in [3.05, 3.63) is 59.2 Å². The number of esters is 1. The number of carbonyl (C=O) groups excluding carboxylic acids is 1. The molecule has 0 atom stereocenters. The molecule has 4 nitrogen and oxygen atoms in total. The lowest BCUT2D eigenvalue weighted by atomic mass is 10.1. The van der Waals surface area contributed by atoms with Crippen molar-refractivity contribution in [2.45, 2.75) is 0 Å². The van der Waals surface area contributed by atoms with Crippen LogP contribution >= 0.6 is 0 Å². The Morgan fingerprint density at radius 3 is 2.32 bits per heavy atom. The summed E-state index contributed by atoms with van der Waals surface area (Å²) in [5, 5.41) is 18.7. The van der Waals surface area contributed by atoms with E-state index in [1.807, 2.05) is 0 Å². The molecule has 4 heteroatoms. The van der Waals surface area contributed by atoms with Gasteiger partial charge in [-0.2, -0.15) is 0 Å². The topological polar surface area (TPSA) is 66.8 Å². The predicted molar refractivity (Wildman–Crippen MR) is 69.5 cm³/mol. The highest BCUT2D eigenvalue weighted by Gasteiger charge is 2.26. The fourth-order valence-corrected chi connectivity index (χ4v) is 1.95. The second kappa shape index (κ2) is 4.17. The van der Waals surface area contributed by atoms with E-state index in [2.05, 4.69) is 0 Å². The van der Waals surface area contributed by atoms with Crippen molar-refractivity contribution in [1.29, 1.82) is 0 Å². The molecule has 1 heterocycles. The molecule has 0 fully saturated rings. The lowest BCUT2D eigenvalue weighted by Gasteiger charge is -2.00. The van der Waals surface area contributed by atoms with Gasteiger partial charge in [-0.25, -0.2) is 4.79 Å². The molecule has 0 saturated carbocycles. The van der Waals surface area contributed by atoms with Crippen LogP contribution in [0.5, 0.6) is 11.5 Å². The number of carbonyl (C=O) groups is 1. The number of rotatable bonds is 1. The molecule has 0 saturated heterocycles. The zero-order valence-corrected chi connectivity index (χ0v) is 9.83. The van der Waals surface area contributed by atoms with Crippen molar-refractivity contribution < 1.29 is 19.7 Å². The van der Waals surface area contributed by atoms with Crippen LogP contribution in [0.4, 0.5) is 0 Å². The number of aromatic hydroxyl groups is 2. The molecule has 0 aromatic heterocycles. The minimum Gasteiger partial charge on any atom is -0.508 e. The summed E-state index contributed by atoms with van der Waals surface area (Å²) in [5.41, 5.74) is 1.79. The maximum absolute atomic E-state index is 11.6. The third-order valence-corrected chi connectivity index (χ3v) is 2.88. The van der Waals surface area contributed by atoms with Gasteiger partial charge in [-0.1, -0.05) is 12.1 Å². The summed E-state index contributed by atoms with van der Waals surface area (Å²) in [6.07, 6.45) is 1.68. The van der Waals surface area contributed by atoms with Crippen LogP contribution in [0, 0.1) is 0 Å². The van der Waals surface area contributed by atoms with E-state index in [1.165, 1.54) is 18.2 Å². The number of phenols is 2. The lowest BCUT2D eigenvalue weighted by Crippen LogP contribution is -1.92. The normalized spacial score (nSPS) is 15.4. The predicted octanol–water partition coefficient (Wildman–Crippen LogP) is 2.77. The first-order chi connectivity index (χ1) is 9.13. The van der Waals surface area contributed by atoms with E-state index in [0.29, 0.717) is 16.9 Å². The fraction of sp³-hybridized carbons (Fsp3) is 0. The van der Waals surface area contributed by atoms with Crippen molar-refractivity contribution in [3.8, 4) is 11.5 Å². The first-order valence-corrected chi connectivity index (χ1v) is 5.70. The van der Waals surface area contributed by atoms with Gasteiger partial charge < -0.3 is 14.9 Å². The average molecular weight is 254 g/mol.